The van der Waals surface area contributed by atoms with E-state index in [1.165, 1.54) is 19.3 Å². The lowest BCUT2D eigenvalue weighted by Gasteiger charge is -2.20. The lowest BCUT2D eigenvalue weighted by Crippen LogP contribution is -2.24. The van der Waals surface area contributed by atoms with Gasteiger partial charge < -0.3 is 9.72 Å². The molecule has 2 aromatic heterocycles. The Balaban J connectivity index is 1.55. The topological polar surface area (TPSA) is 46.4 Å². The number of carbonyl (C=O) groups excluding carboxylic acids is 1. The van der Waals surface area contributed by atoms with E-state index in [0.717, 1.165) is 35.4 Å². The molecule has 4 heteroatoms. The Hall–Kier alpha value is -2.62. The van der Waals surface area contributed by atoms with Gasteiger partial charge >= 0.3 is 0 Å². The molecule has 1 aliphatic rings. The summed E-state index contributed by atoms with van der Waals surface area (Å²) in [6.45, 7) is 0. The van der Waals surface area contributed by atoms with Gasteiger partial charge in [0.2, 0.25) is 5.91 Å². The maximum Gasteiger partial charge on any atom is 0.227 e. The number of carbonyl (C=O) groups is 1. The lowest BCUT2D eigenvalue weighted by molar-refractivity contribution is -0.120. The minimum Gasteiger partial charge on any atom is -0.326 e. The zero-order valence-corrected chi connectivity index (χ0v) is 13.6. The van der Waals surface area contributed by atoms with Crippen LogP contribution in [0.1, 0.15) is 32.1 Å². The quantitative estimate of drug-likeness (QED) is 0.771. The van der Waals surface area contributed by atoms with Crippen LogP contribution in [0.15, 0.2) is 54.9 Å². The van der Waals surface area contributed by atoms with Gasteiger partial charge in [-0.3, -0.25) is 4.79 Å². The molecule has 0 radical (unpaired) electrons. The third-order valence-electron chi connectivity index (χ3n) is 4.77. The van der Waals surface area contributed by atoms with Crippen molar-refractivity contribution in [2.45, 2.75) is 32.1 Å². The smallest absolute Gasteiger partial charge is 0.227 e. The molecular weight excluding hydrogens is 298 g/mol. The minimum absolute atomic E-state index is 0.154. The van der Waals surface area contributed by atoms with Crippen LogP contribution in [0.3, 0.4) is 0 Å². The van der Waals surface area contributed by atoms with Gasteiger partial charge in [0.1, 0.15) is 5.65 Å². The Morgan fingerprint density at radius 3 is 2.79 bits per heavy atom. The number of fused-ring (bicyclic) bond motifs is 1. The molecular formula is C20H21N3O. The Morgan fingerprint density at radius 2 is 1.96 bits per heavy atom. The van der Waals surface area contributed by atoms with Crippen LogP contribution in [-0.2, 0) is 4.79 Å². The SMILES string of the molecule is O=C(Nc1cccc(-c2cn3ccccc3n2)c1)C1CCCCC1. The average molecular weight is 319 g/mol. The Bertz CT molecular complexity index is 829. The van der Waals surface area contributed by atoms with Gasteiger partial charge in [-0.1, -0.05) is 37.5 Å². The molecule has 1 aliphatic carbocycles. The third-order valence-corrected chi connectivity index (χ3v) is 4.77. The van der Waals surface area contributed by atoms with Crippen molar-refractivity contribution in [3.63, 3.8) is 0 Å². The van der Waals surface area contributed by atoms with Crippen LogP contribution in [0.5, 0.6) is 0 Å². The first-order valence-electron chi connectivity index (χ1n) is 8.65. The Morgan fingerprint density at radius 1 is 1.08 bits per heavy atom. The highest BCUT2D eigenvalue weighted by molar-refractivity contribution is 5.93. The summed E-state index contributed by atoms with van der Waals surface area (Å²) in [4.78, 5) is 17.1. The second-order valence-electron chi connectivity index (χ2n) is 6.50. The number of pyridine rings is 1. The number of benzene rings is 1. The highest BCUT2D eigenvalue weighted by Crippen LogP contribution is 2.26. The Kier molecular flexibility index (Phi) is 4.03. The molecule has 1 fully saturated rings. The van der Waals surface area contributed by atoms with Crippen LogP contribution < -0.4 is 5.32 Å². The summed E-state index contributed by atoms with van der Waals surface area (Å²) in [7, 11) is 0. The van der Waals surface area contributed by atoms with Crippen molar-refractivity contribution >= 4 is 17.2 Å². The van der Waals surface area contributed by atoms with Crippen molar-refractivity contribution in [1.82, 2.24) is 9.38 Å². The van der Waals surface area contributed by atoms with E-state index in [1.54, 1.807) is 0 Å². The molecule has 0 unspecified atom stereocenters. The van der Waals surface area contributed by atoms with Crippen molar-refractivity contribution < 1.29 is 4.79 Å². The molecule has 1 N–H and O–H groups in total. The van der Waals surface area contributed by atoms with Gasteiger partial charge in [0.05, 0.1) is 5.69 Å². The molecule has 0 aliphatic heterocycles. The van der Waals surface area contributed by atoms with Crippen LogP contribution in [0.4, 0.5) is 5.69 Å². The summed E-state index contributed by atoms with van der Waals surface area (Å²) in [6.07, 6.45) is 9.61. The van der Waals surface area contributed by atoms with Gasteiger partial charge in [0, 0.05) is 29.6 Å². The first-order valence-corrected chi connectivity index (χ1v) is 8.65. The predicted octanol–water partition coefficient (Wildman–Crippen LogP) is 4.52. The molecule has 0 saturated heterocycles. The highest BCUT2D eigenvalue weighted by Gasteiger charge is 2.21. The largest absolute Gasteiger partial charge is 0.326 e. The first-order chi connectivity index (χ1) is 11.8. The number of hydrogen-bond donors (Lipinski definition) is 1. The number of hydrogen-bond acceptors (Lipinski definition) is 2. The van der Waals surface area contributed by atoms with Gasteiger partial charge in [-0.25, -0.2) is 4.98 Å². The molecule has 4 rings (SSSR count). The van der Waals surface area contributed by atoms with Crippen LogP contribution in [0, 0.1) is 5.92 Å². The van der Waals surface area contributed by atoms with Gasteiger partial charge in [0.15, 0.2) is 0 Å². The maximum atomic E-state index is 12.4. The predicted molar refractivity (Wildman–Crippen MR) is 95.8 cm³/mol. The first kappa shape index (κ1) is 14.9. The average Bonchev–Trinajstić information content (AvgIpc) is 3.07. The fraction of sp³-hybridized carbons (Fsp3) is 0.300. The van der Waals surface area contributed by atoms with E-state index in [9.17, 15) is 4.79 Å². The van der Waals surface area contributed by atoms with Crippen LogP contribution in [-0.4, -0.2) is 15.3 Å². The fourth-order valence-electron chi connectivity index (χ4n) is 3.44. The summed E-state index contributed by atoms with van der Waals surface area (Å²) in [6, 6.07) is 13.9. The molecule has 1 amide bonds. The van der Waals surface area contributed by atoms with Crippen molar-refractivity contribution in [2.75, 3.05) is 5.32 Å². The van der Waals surface area contributed by atoms with Crippen molar-refractivity contribution in [3.05, 3.63) is 54.9 Å². The zero-order chi connectivity index (χ0) is 16.4. The van der Waals surface area contributed by atoms with E-state index < -0.39 is 0 Å². The molecule has 122 valence electrons. The zero-order valence-electron chi connectivity index (χ0n) is 13.6. The summed E-state index contributed by atoms with van der Waals surface area (Å²) in [5.41, 5.74) is 3.69. The second kappa shape index (κ2) is 6.48. The molecule has 3 aromatic rings. The Labute approximate surface area is 141 Å². The van der Waals surface area contributed by atoms with E-state index in [4.69, 9.17) is 0 Å². The van der Waals surface area contributed by atoms with Crippen molar-refractivity contribution in [1.29, 1.82) is 0 Å². The molecule has 0 spiro atoms. The van der Waals surface area contributed by atoms with Crippen molar-refractivity contribution in [2.24, 2.45) is 5.92 Å². The van der Waals surface area contributed by atoms with Crippen molar-refractivity contribution in [3.8, 4) is 11.3 Å². The molecule has 24 heavy (non-hydrogen) atoms. The normalized spacial score (nSPS) is 15.5. The summed E-state index contributed by atoms with van der Waals surface area (Å²) in [5, 5.41) is 3.08. The van der Waals surface area contributed by atoms with Crippen LogP contribution >= 0.6 is 0 Å². The lowest BCUT2D eigenvalue weighted by atomic mass is 9.88. The fourth-order valence-corrected chi connectivity index (χ4v) is 3.44. The van der Waals surface area contributed by atoms with Crippen LogP contribution in [0.25, 0.3) is 16.9 Å². The minimum atomic E-state index is 0.154. The standard InChI is InChI=1S/C20H21N3O/c24-20(15-7-2-1-3-8-15)21-17-10-6-9-16(13-17)18-14-23-12-5-4-11-19(23)22-18/h4-6,9-15H,1-3,7-8H2,(H,21,24). The van der Waals surface area contributed by atoms with Gasteiger partial charge in [-0.2, -0.15) is 0 Å². The number of anilines is 1. The van der Waals surface area contributed by atoms with Gasteiger partial charge in [-0.05, 0) is 37.1 Å². The number of imidazole rings is 1. The summed E-state index contributed by atoms with van der Waals surface area (Å²) in [5.74, 6) is 0.319. The van der Waals surface area contributed by atoms with E-state index in [-0.39, 0.29) is 11.8 Å². The summed E-state index contributed by atoms with van der Waals surface area (Å²) >= 11 is 0. The van der Waals surface area contributed by atoms with E-state index >= 15 is 0 Å². The molecule has 0 atom stereocenters. The highest BCUT2D eigenvalue weighted by atomic mass is 16.1. The number of aromatic nitrogens is 2. The van der Waals surface area contributed by atoms with E-state index in [2.05, 4.69) is 10.3 Å². The van der Waals surface area contributed by atoms with E-state index in [1.807, 2.05) is 59.3 Å². The molecule has 1 aromatic carbocycles. The number of amides is 1. The van der Waals surface area contributed by atoms with Gasteiger partial charge in [0.25, 0.3) is 0 Å². The monoisotopic (exact) mass is 319 g/mol. The number of rotatable bonds is 3. The molecule has 4 nitrogen and oxygen atoms in total. The summed E-state index contributed by atoms with van der Waals surface area (Å²) < 4.78 is 2.00. The molecule has 2 heterocycles. The maximum absolute atomic E-state index is 12.4. The van der Waals surface area contributed by atoms with Crippen LogP contribution in [0.2, 0.25) is 0 Å². The number of nitrogens with zero attached hydrogens (tertiary/aromatic N) is 2. The number of nitrogens with one attached hydrogen (secondary N) is 1. The van der Waals surface area contributed by atoms with E-state index in [0.29, 0.717) is 0 Å². The second-order valence-corrected chi connectivity index (χ2v) is 6.50. The third kappa shape index (κ3) is 3.04. The molecule has 1 saturated carbocycles. The van der Waals surface area contributed by atoms with Gasteiger partial charge in [-0.15, -0.1) is 0 Å². The molecule has 0 bridgehead atoms.